The second-order valence-corrected chi connectivity index (χ2v) is 7.85. The van der Waals surface area contributed by atoms with Crippen LogP contribution in [0.3, 0.4) is 0 Å². The molecule has 1 heterocycles. The zero-order valence-corrected chi connectivity index (χ0v) is 18.6. The Balaban J connectivity index is 0.000000238. The number of carbonyl (C=O) groups excluding carboxylic acids is 1. The third kappa shape index (κ3) is 6.01. The number of H-pyrrole nitrogens is 1. The van der Waals surface area contributed by atoms with E-state index < -0.39 is 11.7 Å². The van der Waals surface area contributed by atoms with Crippen LogP contribution in [0.15, 0.2) is 66.7 Å². The minimum Gasteiger partial charge on any atom is -0.342 e. The first-order valence-electron chi connectivity index (χ1n) is 10.0. The number of hydrogen-bond donors (Lipinski definition) is 2. The fraction of sp³-hybridized carbons (Fsp3) is 0.200. The van der Waals surface area contributed by atoms with Crippen molar-refractivity contribution < 1.29 is 18.0 Å². The Morgan fingerprint density at radius 2 is 1.59 bits per heavy atom. The summed E-state index contributed by atoms with van der Waals surface area (Å²) in [5, 5.41) is -0.350. The van der Waals surface area contributed by atoms with Crippen LogP contribution in [-0.2, 0) is 19.0 Å². The van der Waals surface area contributed by atoms with Crippen molar-refractivity contribution in [3.63, 3.8) is 0 Å². The summed E-state index contributed by atoms with van der Waals surface area (Å²) in [5.41, 5.74) is 4.07. The highest BCUT2D eigenvalue weighted by molar-refractivity contribution is 7.97. The molecule has 1 N–H and O–H groups in total. The summed E-state index contributed by atoms with van der Waals surface area (Å²) in [7, 11) is 0. The van der Waals surface area contributed by atoms with Crippen molar-refractivity contribution in [1.29, 1.82) is 0 Å². The number of para-hydroxylation sites is 2. The molecule has 0 saturated carbocycles. The number of carbonyl (C=O) groups is 1. The lowest BCUT2D eigenvalue weighted by Gasteiger charge is -2.13. The third-order valence-corrected chi connectivity index (χ3v) is 5.35. The smallest absolute Gasteiger partial charge is 0.342 e. The molecule has 3 aromatic carbocycles. The third-order valence-electron chi connectivity index (χ3n) is 5.09. The predicted octanol–water partition coefficient (Wildman–Crippen LogP) is 6.74. The van der Waals surface area contributed by atoms with Gasteiger partial charge >= 0.3 is 6.18 Å². The minimum atomic E-state index is -4.35. The number of thiol groups is 1. The number of hydrogen-bond acceptors (Lipinski definition) is 2. The highest BCUT2D eigenvalue weighted by atomic mass is 32.1. The van der Waals surface area contributed by atoms with Crippen molar-refractivity contribution in [1.82, 2.24) is 9.97 Å². The second-order valence-electron chi connectivity index (χ2n) is 7.44. The van der Waals surface area contributed by atoms with Crippen molar-refractivity contribution in [3.8, 4) is 0 Å². The summed E-state index contributed by atoms with van der Waals surface area (Å²) >= 11 is 3.77. The van der Waals surface area contributed by atoms with Crippen molar-refractivity contribution in [2.75, 3.05) is 0 Å². The number of nitrogens with zero attached hydrogens (tertiary/aromatic N) is 1. The maximum absolute atomic E-state index is 13.0. The van der Waals surface area contributed by atoms with E-state index in [9.17, 15) is 18.0 Å². The summed E-state index contributed by atoms with van der Waals surface area (Å²) in [6, 6.07) is 18.7. The number of imidazole rings is 1. The Bertz CT molecular complexity index is 1200. The van der Waals surface area contributed by atoms with Gasteiger partial charge in [0.1, 0.15) is 5.82 Å². The minimum absolute atomic E-state index is 0.261. The Morgan fingerprint density at radius 1 is 0.938 bits per heavy atom. The van der Waals surface area contributed by atoms with Crippen LogP contribution < -0.4 is 0 Å². The van der Waals surface area contributed by atoms with E-state index in [1.165, 1.54) is 12.1 Å². The number of alkyl halides is 3. The molecule has 0 aliphatic carbocycles. The van der Waals surface area contributed by atoms with Crippen LogP contribution in [0.1, 0.15) is 38.4 Å². The van der Waals surface area contributed by atoms with E-state index in [-0.39, 0.29) is 17.1 Å². The number of rotatable bonds is 4. The van der Waals surface area contributed by atoms with Crippen LogP contribution in [0.2, 0.25) is 0 Å². The molecule has 0 bridgehead atoms. The Kier molecular flexibility index (Phi) is 7.40. The van der Waals surface area contributed by atoms with Gasteiger partial charge in [0.15, 0.2) is 0 Å². The number of benzene rings is 3. The highest BCUT2D eigenvalue weighted by Gasteiger charge is 2.32. The summed E-state index contributed by atoms with van der Waals surface area (Å²) in [6.07, 6.45) is -3.65. The lowest BCUT2D eigenvalue weighted by molar-refractivity contribution is -0.138. The summed E-state index contributed by atoms with van der Waals surface area (Å²) in [6.45, 7) is 3.83. The van der Waals surface area contributed by atoms with E-state index in [0.717, 1.165) is 34.1 Å². The van der Waals surface area contributed by atoms with Gasteiger partial charge in [0, 0.05) is 5.56 Å². The van der Waals surface area contributed by atoms with Crippen LogP contribution in [0, 0.1) is 13.8 Å². The molecule has 7 heteroatoms. The molecule has 0 saturated heterocycles. The normalized spacial score (nSPS) is 11.2. The number of aryl methyl sites for hydroxylation is 4. The van der Waals surface area contributed by atoms with Crippen molar-refractivity contribution >= 4 is 28.8 Å². The molecule has 0 unspecified atom stereocenters. The molecular formula is C25H23F3N2OS. The molecule has 0 radical (unpaired) electrons. The van der Waals surface area contributed by atoms with Crippen molar-refractivity contribution in [3.05, 3.63) is 100 Å². The Hall–Kier alpha value is -3.06. The van der Waals surface area contributed by atoms with Gasteiger partial charge in [-0.3, -0.25) is 4.79 Å². The van der Waals surface area contributed by atoms with Crippen LogP contribution in [0.4, 0.5) is 13.2 Å². The molecule has 0 aliphatic rings. The first-order chi connectivity index (χ1) is 15.1. The molecule has 0 amide bonds. The van der Waals surface area contributed by atoms with Gasteiger partial charge in [-0.05, 0) is 67.6 Å². The van der Waals surface area contributed by atoms with E-state index in [1.807, 2.05) is 38.1 Å². The standard InChI is InChI=1S/C17H15F3OS.C8H8N2/c1-11-6-7-14(16(21)22)10-13(11)9-8-12-4-2-3-5-15(12)17(18,19)20;1-6-9-7-4-2-3-5-8(7)10-6/h2-7,10H,8-9H2,1H3,(H,21,22);2-5H,1H3,(H,9,10). The largest absolute Gasteiger partial charge is 0.416 e. The molecule has 0 spiro atoms. The molecule has 166 valence electrons. The Morgan fingerprint density at radius 3 is 2.28 bits per heavy atom. The van der Waals surface area contributed by atoms with Gasteiger partial charge < -0.3 is 4.98 Å². The molecule has 0 atom stereocenters. The van der Waals surface area contributed by atoms with E-state index in [1.54, 1.807) is 24.3 Å². The molecule has 3 nitrogen and oxygen atoms in total. The average Bonchev–Trinajstić information content (AvgIpc) is 3.13. The van der Waals surface area contributed by atoms with Crippen molar-refractivity contribution in [2.45, 2.75) is 32.9 Å². The lowest BCUT2D eigenvalue weighted by atomic mass is 9.96. The van der Waals surface area contributed by atoms with E-state index >= 15 is 0 Å². The highest BCUT2D eigenvalue weighted by Crippen LogP contribution is 2.32. The number of halogens is 3. The number of fused-ring (bicyclic) bond motifs is 1. The zero-order chi connectivity index (χ0) is 23.3. The quantitative estimate of drug-likeness (QED) is 0.334. The fourth-order valence-electron chi connectivity index (χ4n) is 3.44. The molecule has 0 aliphatic heterocycles. The second kappa shape index (κ2) is 10.0. The fourth-order valence-corrected chi connectivity index (χ4v) is 3.58. The lowest BCUT2D eigenvalue weighted by Crippen LogP contribution is -2.10. The molecule has 0 fully saturated rings. The summed E-state index contributed by atoms with van der Waals surface area (Å²) < 4.78 is 38.9. The molecule has 32 heavy (non-hydrogen) atoms. The average molecular weight is 457 g/mol. The predicted molar refractivity (Wildman–Crippen MR) is 124 cm³/mol. The van der Waals surface area contributed by atoms with E-state index in [4.69, 9.17) is 0 Å². The van der Waals surface area contributed by atoms with Crippen LogP contribution in [-0.4, -0.2) is 15.1 Å². The maximum atomic E-state index is 13.0. The molecule has 4 rings (SSSR count). The molecule has 1 aromatic heterocycles. The van der Waals surface area contributed by atoms with Crippen LogP contribution >= 0.6 is 12.6 Å². The monoisotopic (exact) mass is 456 g/mol. The van der Waals surface area contributed by atoms with Gasteiger partial charge in [0.2, 0.25) is 5.12 Å². The van der Waals surface area contributed by atoms with E-state index in [0.29, 0.717) is 12.0 Å². The topological polar surface area (TPSA) is 45.8 Å². The zero-order valence-electron chi connectivity index (χ0n) is 17.7. The van der Waals surface area contributed by atoms with Gasteiger partial charge in [-0.2, -0.15) is 13.2 Å². The first-order valence-corrected chi connectivity index (χ1v) is 10.5. The van der Waals surface area contributed by atoms with Gasteiger partial charge in [-0.1, -0.05) is 42.5 Å². The summed E-state index contributed by atoms with van der Waals surface area (Å²) in [5.74, 6) is 0.973. The first kappa shape index (κ1) is 23.6. The molecular weight excluding hydrogens is 433 g/mol. The number of aromatic amines is 1. The maximum Gasteiger partial charge on any atom is 0.416 e. The Labute approximate surface area is 190 Å². The van der Waals surface area contributed by atoms with Crippen molar-refractivity contribution in [2.24, 2.45) is 0 Å². The number of nitrogens with one attached hydrogen (secondary N) is 1. The van der Waals surface area contributed by atoms with Gasteiger partial charge in [0.05, 0.1) is 16.6 Å². The van der Waals surface area contributed by atoms with E-state index in [2.05, 4.69) is 22.6 Å². The van der Waals surface area contributed by atoms with Crippen LogP contribution in [0.5, 0.6) is 0 Å². The SMILES string of the molecule is Cc1ccc(C(=O)S)cc1CCc1ccccc1C(F)(F)F.Cc1nc2ccccc2[nH]1. The van der Waals surface area contributed by atoms with Crippen LogP contribution in [0.25, 0.3) is 11.0 Å². The summed E-state index contributed by atoms with van der Waals surface area (Å²) in [4.78, 5) is 18.7. The van der Waals surface area contributed by atoms with Gasteiger partial charge in [0.25, 0.3) is 0 Å². The van der Waals surface area contributed by atoms with Gasteiger partial charge in [-0.25, -0.2) is 4.98 Å². The van der Waals surface area contributed by atoms with Gasteiger partial charge in [-0.15, -0.1) is 12.6 Å². The number of aromatic nitrogens is 2. The molecule has 4 aromatic rings.